The zero-order valence-corrected chi connectivity index (χ0v) is 14.7. The number of benzene rings is 1. The number of hydrogen-bond acceptors (Lipinski definition) is 5. The monoisotopic (exact) mass is 345 g/mol. The number of carbonyl (C=O) groups is 1. The second-order valence-corrected chi connectivity index (χ2v) is 7.26. The van der Waals surface area contributed by atoms with E-state index in [0.29, 0.717) is 23.5 Å². The highest BCUT2D eigenvalue weighted by Crippen LogP contribution is 2.23. The van der Waals surface area contributed by atoms with Crippen LogP contribution in [0.3, 0.4) is 0 Å². The van der Waals surface area contributed by atoms with Crippen LogP contribution < -0.4 is 5.32 Å². The average molecular weight is 345 g/mol. The van der Waals surface area contributed by atoms with Crippen LogP contribution in [0.5, 0.6) is 0 Å². The smallest absolute Gasteiger partial charge is 0.230 e. The maximum Gasteiger partial charge on any atom is 0.230 e. The summed E-state index contributed by atoms with van der Waals surface area (Å²) in [5.41, 5.74) is 0.929. The fraction of sp³-hybridized carbons (Fsp3) is 0.529. The van der Waals surface area contributed by atoms with Gasteiger partial charge in [0.1, 0.15) is 0 Å². The van der Waals surface area contributed by atoms with Gasteiger partial charge in [0.25, 0.3) is 0 Å². The fourth-order valence-corrected chi connectivity index (χ4v) is 3.81. The topological polar surface area (TPSA) is 72.7 Å². The van der Waals surface area contributed by atoms with Crippen LogP contribution in [0.4, 0.5) is 0 Å². The van der Waals surface area contributed by atoms with E-state index in [-0.39, 0.29) is 5.91 Å². The largest absolute Gasteiger partial charge is 0.352 e. The van der Waals surface area contributed by atoms with Crippen molar-refractivity contribution >= 4 is 17.7 Å². The molecule has 2 atom stereocenters. The molecule has 1 amide bonds. The zero-order chi connectivity index (χ0) is 16.8. The highest BCUT2D eigenvalue weighted by atomic mass is 32.2. The Kier molecular flexibility index (Phi) is 5.85. The molecule has 1 aromatic carbocycles. The van der Waals surface area contributed by atoms with E-state index in [1.807, 2.05) is 30.3 Å². The number of rotatable bonds is 6. The van der Waals surface area contributed by atoms with Gasteiger partial charge >= 0.3 is 0 Å². The molecule has 0 unspecified atom stereocenters. The third-order valence-corrected chi connectivity index (χ3v) is 5.39. The first-order valence-electron chi connectivity index (χ1n) is 8.44. The number of carbonyl (C=O) groups excluding carboxylic acids is 1. The van der Waals surface area contributed by atoms with E-state index in [1.54, 1.807) is 16.4 Å². The standard InChI is InChI=1S/C17H23N5OS/c1-13-7-5-6-10-15(13)18-17(23)12-24-11-16-19-20-21-22(16)14-8-3-2-4-9-14/h2-4,8-9,13,15H,5-7,10-12H2,1H3,(H,18,23)/t13-,15+/m0/s1. The molecule has 7 heteroatoms. The van der Waals surface area contributed by atoms with Gasteiger partial charge in [-0.15, -0.1) is 16.9 Å². The molecule has 1 aromatic heterocycles. The highest BCUT2D eigenvalue weighted by Gasteiger charge is 2.22. The number of nitrogens with one attached hydrogen (secondary N) is 1. The Morgan fingerprint density at radius 1 is 1.29 bits per heavy atom. The van der Waals surface area contributed by atoms with Crippen molar-refractivity contribution < 1.29 is 4.79 Å². The summed E-state index contributed by atoms with van der Waals surface area (Å²) in [6, 6.07) is 10.1. The van der Waals surface area contributed by atoms with E-state index in [4.69, 9.17) is 0 Å². The number of hydrogen-bond donors (Lipinski definition) is 1. The van der Waals surface area contributed by atoms with Gasteiger partial charge in [0, 0.05) is 6.04 Å². The molecule has 0 bridgehead atoms. The van der Waals surface area contributed by atoms with Crippen LogP contribution in [0.25, 0.3) is 5.69 Å². The van der Waals surface area contributed by atoms with Crippen molar-refractivity contribution in [3.05, 3.63) is 36.2 Å². The molecule has 1 aliphatic carbocycles. The lowest BCUT2D eigenvalue weighted by Gasteiger charge is -2.29. The molecule has 0 saturated heterocycles. The van der Waals surface area contributed by atoms with Crippen molar-refractivity contribution in [1.29, 1.82) is 0 Å². The molecule has 0 radical (unpaired) electrons. The average Bonchev–Trinajstić information content (AvgIpc) is 3.06. The minimum absolute atomic E-state index is 0.109. The Hall–Kier alpha value is -1.89. The summed E-state index contributed by atoms with van der Waals surface area (Å²) in [6.07, 6.45) is 4.81. The Balaban J connectivity index is 1.48. The lowest BCUT2D eigenvalue weighted by molar-refractivity contribution is -0.119. The van der Waals surface area contributed by atoms with Crippen molar-refractivity contribution in [1.82, 2.24) is 25.5 Å². The molecule has 1 fully saturated rings. The van der Waals surface area contributed by atoms with Crippen LogP contribution in [0, 0.1) is 5.92 Å². The van der Waals surface area contributed by atoms with Gasteiger partial charge in [-0.25, -0.2) is 0 Å². The van der Waals surface area contributed by atoms with Crippen LogP contribution in [0.2, 0.25) is 0 Å². The summed E-state index contributed by atoms with van der Waals surface area (Å²) >= 11 is 1.54. The van der Waals surface area contributed by atoms with E-state index >= 15 is 0 Å². The molecule has 1 aliphatic rings. The van der Waals surface area contributed by atoms with Crippen LogP contribution in [-0.2, 0) is 10.5 Å². The van der Waals surface area contributed by atoms with Gasteiger partial charge in [-0.05, 0) is 41.3 Å². The fourth-order valence-electron chi connectivity index (χ4n) is 3.08. The predicted octanol–water partition coefficient (Wildman–Crippen LogP) is 2.59. The molecule has 2 aromatic rings. The van der Waals surface area contributed by atoms with Gasteiger partial charge < -0.3 is 5.32 Å². The summed E-state index contributed by atoms with van der Waals surface area (Å²) in [6.45, 7) is 2.23. The number of tetrazole rings is 1. The molecular weight excluding hydrogens is 322 g/mol. The number of thioether (sulfide) groups is 1. The Labute approximate surface area is 146 Å². The van der Waals surface area contributed by atoms with E-state index in [9.17, 15) is 4.79 Å². The third kappa shape index (κ3) is 4.35. The molecule has 1 N–H and O–H groups in total. The molecule has 0 spiro atoms. The minimum Gasteiger partial charge on any atom is -0.352 e. The molecule has 0 aliphatic heterocycles. The van der Waals surface area contributed by atoms with Gasteiger partial charge in [0.15, 0.2) is 5.82 Å². The normalized spacial score (nSPS) is 20.7. The molecular formula is C17H23N5OS. The third-order valence-electron chi connectivity index (χ3n) is 4.46. The second-order valence-electron chi connectivity index (χ2n) is 6.27. The maximum absolute atomic E-state index is 12.1. The van der Waals surface area contributed by atoms with Crippen LogP contribution in [0.1, 0.15) is 38.4 Å². The van der Waals surface area contributed by atoms with Crippen molar-refractivity contribution in [2.75, 3.05) is 5.75 Å². The van der Waals surface area contributed by atoms with Crippen molar-refractivity contribution in [2.45, 2.75) is 44.4 Å². The Morgan fingerprint density at radius 2 is 2.08 bits per heavy atom. The lowest BCUT2D eigenvalue weighted by Crippen LogP contribution is -2.41. The first-order chi connectivity index (χ1) is 11.7. The summed E-state index contributed by atoms with van der Waals surface area (Å²) < 4.78 is 1.72. The van der Waals surface area contributed by atoms with Gasteiger partial charge in [-0.1, -0.05) is 38.0 Å². The van der Waals surface area contributed by atoms with E-state index < -0.39 is 0 Å². The Morgan fingerprint density at radius 3 is 2.88 bits per heavy atom. The van der Waals surface area contributed by atoms with Crippen molar-refractivity contribution in [2.24, 2.45) is 5.92 Å². The van der Waals surface area contributed by atoms with Gasteiger partial charge in [0.2, 0.25) is 5.91 Å². The lowest BCUT2D eigenvalue weighted by atomic mass is 9.86. The van der Waals surface area contributed by atoms with Crippen molar-refractivity contribution in [3.8, 4) is 5.69 Å². The number of nitrogens with zero attached hydrogens (tertiary/aromatic N) is 4. The van der Waals surface area contributed by atoms with E-state index in [1.165, 1.54) is 19.3 Å². The summed E-state index contributed by atoms with van der Waals surface area (Å²) in [5, 5.41) is 15.0. The molecule has 128 valence electrons. The van der Waals surface area contributed by atoms with Crippen LogP contribution in [-0.4, -0.2) is 37.9 Å². The molecule has 6 nitrogen and oxygen atoms in total. The number of para-hydroxylation sites is 1. The molecule has 24 heavy (non-hydrogen) atoms. The molecule has 1 saturated carbocycles. The van der Waals surface area contributed by atoms with Gasteiger partial charge in [0.05, 0.1) is 17.2 Å². The predicted molar refractivity (Wildman–Crippen MR) is 94.9 cm³/mol. The van der Waals surface area contributed by atoms with E-state index in [2.05, 4.69) is 27.8 Å². The van der Waals surface area contributed by atoms with Crippen molar-refractivity contribution in [3.63, 3.8) is 0 Å². The summed E-state index contributed by atoms with van der Waals surface area (Å²) in [5.74, 6) is 2.49. The first-order valence-corrected chi connectivity index (χ1v) is 9.59. The summed E-state index contributed by atoms with van der Waals surface area (Å²) in [4.78, 5) is 12.1. The summed E-state index contributed by atoms with van der Waals surface area (Å²) in [7, 11) is 0. The minimum atomic E-state index is 0.109. The van der Waals surface area contributed by atoms with E-state index in [0.717, 1.165) is 17.9 Å². The second kappa shape index (κ2) is 8.28. The zero-order valence-electron chi connectivity index (χ0n) is 13.9. The Bertz CT molecular complexity index is 660. The number of aromatic nitrogens is 4. The highest BCUT2D eigenvalue weighted by molar-refractivity contribution is 7.99. The number of amides is 1. The maximum atomic E-state index is 12.1. The van der Waals surface area contributed by atoms with Gasteiger partial charge in [-0.2, -0.15) is 4.68 Å². The quantitative estimate of drug-likeness (QED) is 0.871. The first kappa shape index (κ1) is 17.0. The molecule has 1 heterocycles. The van der Waals surface area contributed by atoms with Crippen LogP contribution >= 0.6 is 11.8 Å². The van der Waals surface area contributed by atoms with Gasteiger partial charge in [-0.3, -0.25) is 4.79 Å². The van der Waals surface area contributed by atoms with Crippen LogP contribution in [0.15, 0.2) is 30.3 Å². The molecule has 3 rings (SSSR count). The SMILES string of the molecule is C[C@H]1CCCC[C@H]1NC(=O)CSCc1nnnn1-c1ccccc1.